The van der Waals surface area contributed by atoms with Crippen LogP contribution in [0.2, 0.25) is 0 Å². The predicted molar refractivity (Wildman–Crippen MR) is 76.8 cm³/mol. The fourth-order valence-corrected chi connectivity index (χ4v) is 6.18. The molecule has 122 valence electrons. The minimum absolute atomic E-state index is 0.0736. The normalized spacial score (nSPS) is 57.3. The third kappa shape index (κ3) is 1.23. The van der Waals surface area contributed by atoms with Crippen molar-refractivity contribution in [2.75, 3.05) is 0 Å². The van der Waals surface area contributed by atoms with Crippen LogP contribution in [0.1, 0.15) is 41.0 Å². The van der Waals surface area contributed by atoms with Crippen LogP contribution >= 0.6 is 0 Å². The molecule has 1 saturated heterocycles. The minimum Gasteiger partial charge on any atom is -0.452 e. The Labute approximate surface area is 130 Å². The molecular formula is C17H24O5. The number of carbonyl (C=O) groups excluding carboxylic acids is 2. The largest absolute Gasteiger partial charge is 0.452 e. The van der Waals surface area contributed by atoms with Crippen LogP contribution in [0, 0.1) is 28.6 Å². The summed E-state index contributed by atoms with van der Waals surface area (Å²) >= 11 is 0. The number of rotatable bonds is 1. The first-order valence-electron chi connectivity index (χ1n) is 8.16. The topological polar surface area (TPSA) is 72.8 Å². The molecule has 22 heavy (non-hydrogen) atoms. The molecule has 4 aliphatic rings. The van der Waals surface area contributed by atoms with E-state index in [0.29, 0.717) is 0 Å². The molecule has 5 heteroatoms. The van der Waals surface area contributed by atoms with Crippen LogP contribution in [-0.2, 0) is 19.1 Å². The van der Waals surface area contributed by atoms with Gasteiger partial charge in [-0.15, -0.1) is 0 Å². The van der Waals surface area contributed by atoms with Gasteiger partial charge in [0, 0.05) is 12.8 Å². The lowest BCUT2D eigenvalue weighted by Gasteiger charge is -2.56. The second-order valence-corrected chi connectivity index (χ2v) is 8.56. The average molecular weight is 308 g/mol. The number of Topliss-reactive ketones (excluding diaryl/α,β-unsaturated/α-hetero) is 1. The van der Waals surface area contributed by atoms with Crippen molar-refractivity contribution in [1.29, 1.82) is 0 Å². The second-order valence-electron chi connectivity index (χ2n) is 8.56. The van der Waals surface area contributed by atoms with E-state index in [0.717, 1.165) is 6.42 Å². The molecule has 3 aliphatic carbocycles. The average Bonchev–Trinajstić information content (AvgIpc) is 2.72. The van der Waals surface area contributed by atoms with E-state index in [4.69, 9.17) is 9.47 Å². The third-order valence-electron chi connectivity index (χ3n) is 7.27. The van der Waals surface area contributed by atoms with Crippen LogP contribution in [0.4, 0.5) is 0 Å². The number of esters is 1. The van der Waals surface area contributed by atoms with Crippen molar-refractivity contribution in [3.8, 4) is 0 Å². The number of ketones is 1. The van der Waals surface area contributed by atoms with Gasteiger partial charge in [0.15, 0.2) is 11.9 Å². The molecule has 8 unspecified atom stereocenters. The number of carbonyl (C=O) groups is 2. The van der Waals surface area contributed by atoms with Gasteiger partial charge in [-0.05, 0) is 30.6 Å². The summed E-state index contributed by atoms with van der Waals surface area (Å²) in [5.41, 5.74) is -1.96. The first-order valence-corrected chi connectivity index (χ1v) is 8.16. The van der Waals surface area contributed by atoms with E-state index < -0.39 is 29.2 Å². The first-order chi connectivity index (χ1) is 10.1. The van der Waals surface area contributed by atoms with E-state index in [1.165, 1.54) is 6.92 Å². The van der Waals surface area contributed by atoms with Crippen LogP contribution in [0.5, 0.6) is 0 Å². The fourth-order valence-electron chi connectivity index (χ4n) is 6.18. The Hall–Kier alpha value is -0.940. The maximum atomic E-state index is 13.1. The number of ether oxygens (including phenoxy) is 2. The summed E-state index contributed by atoms with van der Waals surface area (Å²) in [6.07, 6.45) is -0.855. The smallest absolute Gasteiger partial charge is 0.303 e. The zero-order chi connectivity index (χ0) is 16.2. The summed E-state index contributed by atoms with van der Waals surface area (Å²) in [4.78, 5) is 24.5. The van der Waals surface area contributed by atoms with E-state index in [1.807, 2.05) is 13.8 Å². The molecule has 1 aliphatic heterocycles. The standard InChI is InChI=1S/C17H24O5/c1-7-11-12(21-8(2)18)13(19)16(5)9-6-15(3,4)10(9)14(22-11)17(7,16)20/h7,9-12,14,20H,6H2,1-5H3. The van der Waals surface area contributed by atoms with Crippen molar-refractivity contribution in [3.63, 3.8) is 0 Å². The Bertz CT molecular complexity index is 584. The molecule has 4 rings (SSSR count). The molecular weight excluding hydrogens is 284 g/mol. The number of hydrogen-bond acceptors (Lipinski definition) is 5. The summed E-state index contributed by atoms with van der Waals surface area (Å²) in [5, 5.41) is 11.5. The van der Waals surface area contributed by atoms with E-state index >= 15 is 0 Å². The summed E-state index contributed by atoms with van der Waals surface area (Å²) in [6.45, 7) is 9.45. The highest BCUT2D eigenvalue weighted by Gasteiger charge is 2.84. The number of hydrogen-bond donors (Lipinski definition) is 1. The van der Waals surface area contributed by atoms with Crippen molar-refractivity contribution >= 4 is 11.8 Å². The maximum Gasteiger partial charge on any atom is 0.303 e. The van der Waals surface area contributed by atoms with Gasteiger partial charge >= 0.3 is 5.97 Å². The lowest BCUT2D eigenvalue weighted by Crippen LogP contribution is -2.66. The van der Waals surface area contributed by atoms with Crippen molar-refractivity contribution in [1.82, 2.24) is 0 Å². The molecule has 3 saturated carbocycles. The van der Waals surface area contributed by atoms with Crippen molar-refractivity contribution in [2.24, 2.45) is 28.6 Å². The predicted octanol–water partition coefficient (Wildman–Crippen LogP) is 1.32. The SMILES string of the molecule is CC(=O)OC1C(=O)C2(C)C3CC(C)(C)C3C3OC1C(C)C32O. The Balaban J connectivity index is 1.84. The van der Waals surface area contributed by atoms with E-state index in [1.54, 1.807) is 0 Å². The van der Waals surface area contributed by atoms with Gasteiger partial charge in [-0.3, -0.25) is 9.59 Å². The molecule has 1 heterocycles. The van der Waals surface area contributed by atoms with Crippen LogP contribution in [0.15, 0.2) is 0 Å². The van der Waals surface area contributed by atoms with Gasteiger partial charge in [-0.25, -0.2) is 0 Å². The highest BCUT2D eigenvalue weighted by molar-refractivity contribution is 5.95. The third-order valence-corrected chi connectivity index (χ3v) is 7.27. The Kier molecular flexibility index (Phi) is 2.50. The molecule has 0 aromatic heterocycles. The van der Waals surface area contributed by atoms with Gasteiger partial charge in [0.2, 0.25) is 0 Å². The van der Waals surface area contributed by atoms with Gasteiger partial charge < -0.3 is 14.6 Å². The number of fused-ring (bicyclic) bond motifs is 4. The molecule has 0 amide bonds. The molecule has 0 aromatic rings. The van der Waals surface area contributed by atoms with Crippen LogP contribution in [0.3, 0.4) is 0 Å². The van der Waals surface area contributed by atoms with Crippen LogP contribution < -0.4 is 0 Å². The second kappa shape index (κ2) is 3.75. The van der Waals surface area contributed by atoms with Gasteiger partial charge in [-0.2, -0.15) is 0 Å². The van der Waals surface area contributed by atoms with E-state index in [2.05, 4.69) is 13.8 Å². The Morgan fingerprint density at radius 1 is 1.36 bits per heavy atom. The zero-order valence-corrected chi connectivity index (χ0v) is 13.8. The van der Waals surface area contributed by atoms with Gasteiger partial charge in [-0.1, -0.05) is 20.8 Å². The Morgan fingerprint density at radius 2 is 2.00 bits per heavy atom. The summed E-state index contributed by atoms with van der Waals surface area (Å²) in [7, 11) is 0. The quantitative estimate of drug-likeness (QED) is 0.740. The monoisotopic (exact) mass is 308 g/mol. The van der Waals surface area contributed by atoms with E-state index in [-0.39, 0.29) is 35.1 Å². The molecule has 4 fully saturated rings. The minimum atomic E-state index is -1.14. The zero-order valence-electron chi connectivity index (χ0n) is 13.8. The highest BCUT2D eigenvalue weighted by atomic mass is 16.6. The lowest BCUT2D eigenvalue weighted by molar-refractivity contribution is -0.198. The molecule has 0 spiro atoms. The van der Waals surface area contributed by atoms with Crippen molar-refractivity contribution < 1.29 is 24.2 Å². The number of aliphatic hydroxyl groups is 1. The molecule has 0 radical (unpaired) electrons. The molecule has 2 bridgehead atoms. The lowest BCUT2D eigenvalue weighted by atomic mass is 9.49. The fraction of sp³-hybridized carbons (Fsp3) is 0.882. The first kappa shape index (κ1) is 14.6. The molecule has 5 nitrogen and oxygen atoms in total. The Morgan fingerprint density at radius 3 is 2.55 bits per heavy atom. The van der Waals surface area contributed by atoms with Crippen LogP contribution in [-0.4, -0.2) is 40.8 Å². The summed E-state index contributed by atoms with van der Waals surface area (Å²) in [6, 6.07) is 0. The van der Waals surface area contributed by atoms with Crippen molar-refractivity contribution in [2.45, 2.75) is 65.0 Å². The highest BCUT2D eigenvalue weighted by Crippen LogP contribution is 2.75. The summed E-state index contributed by atoms with van der Waals surface area (Å²) < 4.78 is 11.5. The molecule has 0 aromatic carbocycles. The maximum absolute atomic E-state index is 13.1. The van der Waals surface area contributed by atoms with Gasteiger partial charge in [0.1, 0.15) is 11.7 Å². The van der Waals surface area contributed by atoms with Gasteiger partial charge in [0.25, 0.3) is 0 Å². The van der Waals surface area contributed by atoms with Gasteiger partial charge in [0.05, 0.1) is 11.5 Å². The summed E-state index contributed by atoms with van der Waals surface area (Å²) in [5.74, 6) is -0.551. The molecule has 1 N–H and O–H groups in total. The van der Waals surface area contributed by atoms with Crippen LogP contribution in [0.25, 0.3) is 0 Å². The van der Waals surface area contributed by atoms with Crippen molar-refractivity contribution in [3.05, 3.63) is 0 Å². The van der Waals surface area contributed by atoms with E-state index in [9.17, 15) is 14.7 Å². The molecule has 8 atom stereocenters.